The first kappa shape index (κ1) is 19.5. The molecular weight excluding hydrogens is 370 g/mol. The van der Waals surface area contributed by atoms with Gasteiger partial charge < -0.3 is 4.74 Å². The molecule has 1 fully saturated rings. The van der Waals surface area contributed by atoms with Crippen molar-refractivity contribution in [2.75, 3.05) is 13.7 Å². The molecule has 4 rings (SSSR count). The predicted molar refractivity (Wildman–Crippen MR) is 111 cm³/mol. The molecule has 1 saturated heterocycles. The Hall–Kier alpha value is -1.85. The van der Waals surface area contributed by atoms with Gasteiger partial charge in [-0.3, -0.25) is 0 Å². The molecule has 4 nitrogen and oxygen atoms in total. The van der Waals surface area contributed by atoms with Crippen molar-refractivity contribution in [1.82, 2.24) is 4.31 Å². The maximum atomic E-state index is 13.5. The van der Waals surface area contributed by atoms with Crippen molar-refractivity contribution >= 4 is 10.0 Å². The van der Waals surface area contributed by atoms with E-state index in [1.54, 1.807) is 23.5 Å². The van der Waals surface area contributed by atoms with Crippen LogP contribution in [-0.4, -0.2) is 32.4 Å². The third-order valence-electron chi connectivity index (χ3n) is 6.72. The third kappa shape index (κ3) is 3.05. The van der Waals surface area contributed by atoms with E-state index in [0.29, 0.717) is 17.4 Å². The van der Waals surface area contributed by atoms with Gasteiger partial charge in [0.05, 0.1) is 12.0 Å². The summed E-state index contributed by atoms with van der Waals surface area (Å²) in [4.78, 5) is 0.400. The highest BCUT2D eigenvalue weighted by Gasteiger charge is 2.49. The SMILES string of the molecule is COc1ccc2c(c1)C(C)(C)[C@@H]1CCCN(S(=O)(=O)c3ccc(C)cc3)[C@@H]1C2. The fourth-order valence-corrected chi connectivity index (χ4v) is 6.84. The molecule has 2 aromatic carbocycles. The van der Waals surface area contributed by atoms with Crippen molar-refractivity contribution in [1.29, 1.82) is 0 Å². The molecule has 0 amide bonds. The lowest BCUT2D eigenvalue weighted by Crippen LogP contribution is -2.56. The number of hydrogen-bond donors (Lipinski definition) is 0. The minimum atomic E-state index is -3.51. The minimum Gasteiger partial charge on any atom is -0.497 e. The Morgan fingerprint density at radius 3 is 2.50 bits per heavy atom. The zero-order chi connectivity index (χ0) is 20.1. The number of piperidine rings is 1. The second kappa shape index (κ2) is 6.89. The highest BCUT2D eigenvalue weighted by molar-refractivity contribution is 7.89. The summed E-state index contributed by atoms with van der Waals surface area (Å²) in [5, 5.41) is 0. The Bertz CT molecular complexity index is 979. The summed E-state index contributed by atoms with van der Waals surface area (Å²) in [6, 6.07) is 13.5. The fraction of sp³-hybridized carbons (Fsp3) is 0.478. The molecule has 0 saturated carbocycles. The highest BCUT2D eigenvalue weighted by atomic mass is 32.2. The van der Waals surface area contributed by atoms with Gasteiger partial charge in [-0.15, -0.1) is 0 Å². The van der Waals surface area contributed by atoms with Gasteiger partial charge in [-0.2, -0.15) is 4.31 Å². The molecule has 1 aliphatic carbocycles. The number of sulfonamides is 1. The summed E-state index contributed by atoms with van der Waals surface area (Å²) >= 11 is 0. The van der Waals surface area contributed by atoms with Gasteiger partial charge in [-0.25, -0.2) is 8.42 Å². The van der Waals surface area contributed by atoms with Crippen LogP contribution in [-0.2, 0) is 21.9 Å². The van der Waals surface area contributed by atoms with E-state index >= 15 is 0 Å². The molecule has 0 aromatic heterocycles. The molecule has 5 heteroatoms. The fourth-order valence-electron chi connectivity index (χ4n) is 5.14. The van der Waals surface area contributed by atoms with E-state index in [1.807, 2.05) is 25.1 Å². The van der Waals surface area contributed by atoms with Crippen LogP contribution < -0.4 is 4.74 Å². The van der Waals surface area contributed by atoms with Gasteiger partial charge in [0.2, 0.25) is 10.0 Å². The first-order valence-corrected chi connectivity index (χ1v) is 11.4. The molecule has 0 unspecified atom stereocenters. The van der Waals surface area contributed by atoms with E-state index in [4.69, 9.17) is 4.74 Å². The van der Waals surface area contributed by atoms with Gasteiger partial charge in [-0.05, 0) is 72.9 Å². The molecule has 0 bridgehead atoms. The Balaban J connectivity index is 1.76. The van der Waals surface area contributed by atoms with Crippen molar-refractivity contribution in [3.8, 4) is 5.75 Å². The number of rotatable bonds is 3. The van der Waals surface area contributed by atoms with Crippen LogP contribution in [0.15, 0.2) is 47.4 Å². The number of fused-ring (bicyclic) bond motifs is 2. The highest BCUT2D eigenvalue weighted by Crippen LogP contribution is 2.48. The summed E-state index contributed by atoms with van der Waals surface area (Å²) in [6.45, 7) is 7.08. The molecule has 2 aromatic rings. The molecule has 28 heavy (non-hydrogen) atoms. The summed E-state index contributed by atoms with van der Waals surface area (Å²) in [5.41, 5.74) is 3.49. The third-order valence-corrected chi connectivity index (χ3v) is 8.66. The van der Waals surface area contributed by atoms with E-state index in [2.05, 4.69) is 26.0 Å². The topological polar surface area (TPSA) is 46.6 Å². The van der Waals surface area contributed by atoms with E-state index in [0.717, 1.165) is 30.6 Å². The predicted octanol–water partition coefficient (Wildman–Crippen LogP) is 4.31. The number of nitrogens with zero attached hydrogens (tertiary/aromatic N) is 1. The Morgan fingerprint density at radius 2 is 1.82 bits per heavy atom. The van der Waals surface area contributed by atoms with Crippen molar-refractivity contribution in [2.24, 2.45) is 5.92 Å². The number of hydrogen-bond acceptors (Lipinski definition) is 3. The average Bonchev–Trinajstić information content (AvgIpc) is 2.68. The van der Waals surface area contributed by atoms with Crippen molar-refractivity contribution in [2.45, 2.75) is 56.4 Å². The Kier molecular flexibility index (Phi) is 4.79. The second-order valence-corrected chi connectivity index (χ2v) is 10.6. The van der Waals surface area contributed by atoms with Gasteiger partial charge in [0.25, 0.3) is 0 Å². The van der Waals surface area contributed by atoms with Crippen LogP contribution in [0.1, 0.15) is 43.4 Å². The zero-order valence-corrected chi connectivity index (χ0v) is 17.9. The van der Waals surface area contributed by atoms with Crippen LogP contribution in [0.2, 0.25) is 0 Å². The van der Waals surface area contributed by atoms with Crippen LogP contribution in [0.4, 0.5) is 0 Å². The van der Waals surface area contributed by atoms with Gasteiger partial charge in [-0.1, -0.05) is 37.6 Å². The van der Waals surface area contributed by atoms with Crippen molar-refractivity contribution in [3.63, 3.8) is 0 Å². The monoisotopic (exact) mass is 399 g/mol. The van der Waals surface area contributed by atoms with Crippen LogP contribution in [0.3, 0.4) is 0 Å². The molecule has 150 valence electrons. The summed E-state index contributed by atoms with van der Waals surface area (Å²) < 4.78 is 34.2. The van der Waals surface area contributed by atoms with Crippen LogP contribution in [0.5, 0.6) is 5.75 Å². The number of aryl methyl sites for hydroxylation is 1. The first-order valence-electron chi connectivity index (χ1n) is 10.0. The van der Waals surface area contributed by atoms with Gasteiger partial charge in [0, 0.05) is 12.6 Å². The van der Waals surface area contributed by atoms with Crippen LogP contribution in [0, 0.1) is 12.8 Å². The van der Waals surface area contributed by atoms with Gasteiger partial charge >= 0.3 is 0 Å². The lowest BCUT2D eigenvalue weighted by molar-refractivity contribution is 0.102. The Morgan fingerprint density at radius 1 is 1.11 bits per heavy atom. The quantitative estimate of drug-likeness (QED) is 0.773. The smallest absolute Gasteiger partial charge is 0.243 e. The molecule has 0 radical (unpaired) electrons. The van der Waals surface area contributed by atoms with Crippen LogP contribution >= 0.6 is 0 Å². The number of methoxy groups -OCH3 is 1. The van der Waals surface area contributed by atoms with Gasteiger partial charge in [0.1, 0.15) is 5.75 Å². The van der Waals surface area contributed by atoms with Crippen LogP contribution in [0.25, 0.3) is 0 Å². The zero-order valence-electron chi connectivity index (χ0n) is 17.1. The molecule has 1 heterocycles. The molecule has 2 atom stereocenters. The Labute approximate surface area is 168 Å². The van der Waals surface area contributed by atoms with Crippen molar-refractivity contribution < 1.29 is 13.2 Å². The lowest BCUT2D eigenvalue weighted by atomic mass is 9.61. The van der Waals surface area contributed by atoms with E-state index < -0.39 is 10.0 Å². The number of ether oxygens (including phenoxy) is 1. The standard InChI is InChI=1S/C23H29NO3S/c1-16-7-11-19(12-8-16)28(25,26)24-13-5-6-20-22(24)14-17-9-10-18(27-4)15-21(17)23(20,2)3/h7-12,15,20,22H,5-6,13-14H2,1-4H3/t20-,22-/m1/s1. The van der Waals surface area contributed by atoms with E-state index in [1.165, 1.54) is 11.1 Å². The summed E-state index contributed by atoms with van der Waals surface area (Å²) in [5.74, 6) is 1.16. The molecule has 0 N–H and O–H groups in total. The summed E-state index contributed by atoms with van der Waals surface area (Å²) in [6.07, 6.45) is 2.71. The number of benzene rings is 2. The largest absolute Gasteiger partial charge is 0.497 e. The maximum absolute atomic E-state index is 13.5. The molecule has 0 spiro atoms. The summed E-state index contributed by atoms with van der Waals surface area (Å²) in [7, 11) is -1.81. The minimum absolute atomic E-state index is 0.00375. The molecular formula is C23H29NO3S. The van der Waals surface area contributed by atoms with E-state index in [9.17, 15) is 8.42 Å². The lowest BCUT2D eigenvalue weighted by Gasteiger charge is -2.51. The average molecular weight is 400 g/mol. The second-order valence-electron chi connectivity index (χ2n) is 8.69. The maximum Gasteiger partial charge on any atom is 0.243 e. The normalized spacial score (nSPS) is 24.3. The van der Waals surface area contributed by atoms with Crippen molar-refractivity contribution in [3.05, 3.63) is 59.2 Å². The van der Waals surface area contributed by atoms with Gasteiger partial charge in [0.15, 0.2) is 0 Å². The van der Waals surface area contributed by atoms with E-state index in [-0.39, 0.29) is 11.5 Å². The molecule has 1 aliphatic heterocycles. The first-order chi connectivity index (χ1) is 13.2. The molecule has 2 aliphatic rings.